The molecule has 0 aliphatic heterocycles. The minimum absolute atomic E-state index is 0.148. The summed E-state index contributed by atoms with van der Waals surface area (Å²) in [4.78, 5) is 12.0. The van der Waals surface area contributed by atoms with E-state index in [1.54, 1.807) is 0 Å². The maximum Gasteiger partial charge on any atom is 0.224 e. The van der Waals surface area contributed by atoms with E-state index < -0.39 is 0 Å². The maximum absolute atomic E-state index is 12.0. The molecule has 1 aromatic rings. The van der Waals surface area contributed by atoms with Crippen molar-refractivity contribution >= 4 is 11.6 Å². The summed E-state index contributed by atoms with van der Waals surface area (Å²) in [5.41, 5.74) is 2.24. The van der Waals surface area contributed by atoms with Gasteiger partial charge < -0.3 is 5.32 Å². The molecule has 22 heavy (non-hydrogen) atoms. The molecule has 0 fully saturated rings. The number of benzene rings is 1. The summed E-state index contributed by atoms with van der Waals surface area (Å²) in [6.07, 6.45) is 10.5. The number of hydrogen-bond acceptors (Lipinski definition) is 1. The molecule has 0 saturated heterocycles. The molecule has 1 aromatic carbocycles. The van der Waals surface area contributed by atoms with Gasteiger partial charge in [0.15, 0.2) is 0 Å². The van der Waals surface area contributed by atoms with Crippen LogP contribution in [0.5, 0.6) is 0 Å². The number of nitrogens with one attached hydrogen (secondary N) is 1. The summed E-state index contributed by atoms with van der Waals surface area (Å²) in [6.45, 7) is 6.65. The first-order valence-corrected chi connectivity index (χ1v) is 9.07. The van der Waals surface area contributed by atoms with Crippen LogP contribution in [0, 0.1) is 0 Å². The largest absolute Gasteiger partial charge is 0.326 e. The molecule has 1 amide bonds. The molecular weight excluding hydrogens is 270 g/mol. The van der Waals surface area contributed by atoms with E-state index in [9.17, 15) is 4.79 Å². The van der Waals surface area contributed by atoms with Crippen molar-refractivity contribution < 1.29 is 4.79 Å². The van der Waals surface area contributed by atoms with E-state index in [4.69, 9.17) is 0 Å². The molecule has 0 heterocycles. The van der Waals surface area contributed by atoms with E-state index in [0.29, 0.717) is 12.3 Å². The average molecular weight is 303 g/mol. The van der Waals surface area contributed by atoms with Crippen LogP contribution < -0.4 is 5.32 Å². The smallest absolute Gasteiger partial charge is 0.224 e. The van der Waals surface area contributed by atoms with E-state index >= 15 is 0 Å². The SMILES string of the molecule is CCCCCCCCCC(=O)Nc1cccc(C(C)CC)c1. The molecule has 0 radical (unpaired) electrons. The molecule has 0 bridgehead atoms. The average Bonchev–Trinajstić information content (AvgIpc) is 2.53. The fraction of sp³-hybridized carbons (Fsp3) is 0.650. The highest BCUT2D eigenvalue weighted by atomic mass is 16.1. The Morgan fingerprint density at radius 3 is 2.41 bits per heavy atom. The van der Waals surface area contributed by atoms with Gasteiger partial charge in [-0.15, -0.1) is 0 Å². The Kier molecular flexibility index (Phi) is 9.61. The lowest BCUT2D eigenvalue weighted by atomic mass is 9.98. The van der Waals surface area contributed by atoms with Crippen LogP contribution >= 0.6 is 0 Å². The molecule has 1 atom stereocenters. The number of rotatable bonds is 11. The number of anilines is 1. The Balaban J connectivity index is 2.24. The predicted octanol–water partition coefficient (Wildman–Crippen LogP) is 6.28. The van der Waals surface area contributed by atoms with Crippen molar-refractivity contribution in [3.63, 3.8) is 0 Å². The Bertz CT molecular complexity index is 427. The van der Waals surface area contributed by atoms with Crippen molar-refractivity contribution in [3.05, 3.63) is 29.8 Å². The first-order chi connectivity index (χ1) is 10.7. The molecule has 0 aliphatic rings. The summed E-state index contributed by atoms with van der Waals surface area (Å²) < 4.78 is 0. The molecule has 0 spiro atoms. The van der Waals surface area contributed by atoms with Crippen LogP contribution in [0.3, 0.4) is 0 Å². The van der Waals surface area contributed by atoms with Crippen LogP contribution in [0.15, 0.2) is 24.3 Å². The van der Waals surface area contributed by atoms with Crippen LogP contribution in [0.4, 0.5) is 5.69 Å². The number of unbranched alkanes of at least 4 members (excludes halogenated alkanes) is 6. The van der Waals surface area contributed by atoms with Gasteiger partial charge in [-0.1, -0.05) is 71.4 Å². The molecule has 0 aromatic heterocycles. The van der Waals surface area contributed by atoms with Crippen molar-refractivity contribution in [3.8, 4) is 0 Å². The maximum atomic E-state index is 12.0. The number of amides is 1. The van der Waals surface area contributed by atoms with Crippen molar-refractivity contribution in [2.75, 3.05) is 5.32 Å². The minimum atomic E-state index is 0.148. The minimum Gasteiger partial charge on any atom is -0.326 e. The van der Waals surface area contributed by atoms with Crippen LogP contribution in [-0.2, 0) is 4.79 Å². The zero-order chi connectivity index (χ0) is 16.2. The second kappa shape index (κ2) is 11.3. The van der Waals surface area contributed by atoms with Crippen molar-refractivity contribution in [2.45, 2.75) is 84.5 Å². The monoisotopic (exact) mass is 303 g/mol. The second-order valence-electron chi connectivity index (χ2n) is 6.35. The van der Waals surface area contributed by atoms with Gasteiger partial charge in [-0.05, 0) is 36.5 Å². The highest BCUT2D eigenvalue weighted by Crippen LogP contribution is 2.21. The van der Waals surface area contributed by atoms with Crippen LogP contribution in [0.2, 0.25) is 0 Å². The molecule has 1 unspecified atom stereocenters. The van der Waals surface area contributed by atoms with Gasteiger partial charge in [-0.3, -0.25) is 4.79 Å². The first kappa shape index (κ1) is 18.7. The normalized spacial score (nSPS) is 12.1. The van der Waals surface area contributed by atoms with E-state index in [2.05, 4.69) is 38.2 Å². The molecule has 1 N–H and O–H groups in total. The third-order valence-electron chi connectivity index (χ3n) is 4.36. The molecule has 2 nitrogen and oxygen atoms in total. The van der Waals surface area contributed by atoms with Gasteiger partial charge in [0.25, 0.3) is 0 Å². The van der Waals surface area contributed by atoms with E-state index in [1.807, 2.05) is 12.1 Å². The number of carbonyl (C=O) groups is 1. The van der Waals surface area contributed by atoms with Crippen LogP contribution in [0.1, 0.15) is 90.0 Å². The van der Waals surface area contributed by atoms with Gasteiger partial charge in [0.2, 0.25) is 5.91 Å². The third kappa shape index (κ3) is 7.63. The second-order valence-corrected chi connectivity index (χ2v) is 6.35. The Morgan fingerprint density at radius 1 is 1.05 bits per heavy atom. The van der Waals surface area contributed by atoms with Gasteiger partial charge in [-0.25, -0.2) is 0 Å². The van der Waals surface area contributed by atoms with Gasteiger partial charge in [-0.2, -0.15) is 0 Å². The molecule has 2 heteroatoms. The van der Waals surface area contributed by atoms with Crippen molar-refractivity contribution in [2.24, 2.45) is 0 Å². The van der Waals surface area contributed by atoms with Crippen LogP contribution in [-0.4, -0.2) is 5.91 Å². The summed E-state index contributed by atoms with van der Waals surface area (Å²) in [6, 6.07) is 8.26. The molecular formula is C20H33NO. The van der Waals surface area contributed by atoms with E-state index in [-0.39, 0.29) is 5.91 Å². The van der Waals surface area contributed by atoms with Gasteiger partial charge in [0.1, 0.15) is 0 Å². The van der Waals surface area contributed by atoms with Gasteiger partial charge in [0.05, 0.1) is 0 Å². The topological polar surface area (TPSA) is 29.1 Å². The molecule has 1 rings (SSSR count). The van der Waals surface area contributed by atoms with Gasteiger partial charge in [0, 0.05) is 12.1 Å². The van der Waals surface area contributed by atoms with Gasteiger partial charge >= 0.3 is 0 Å². The fourth-order valence-electron chi connectivity index (χ4n) is 2.62. The first-order valence-electron chi connectivity index (χ1n) is 9.07. The third-order valence-corrected chi connectivity index (χ3v) is 4.36. The van der Waals surface area contributed by atoms with Crippen molar-refractivity contribution in [1.29, 1.82) is 0 Å². The van der Waals surface area contributed by atoms with E-state index in [0.717, 1.165) is 18.5 Å². The standard InChI is InChI=1S/C20H33NO/c1-4-6-7-8-9-10-11-15-20(22)21-19-14-12-13-18(16-19)17(3)5-2/h12-14,16-17H,4-11,15H2,1-3H3,(H,21,22). The Labute approximate surface area is 136 Å². The lowest BCUT2D eigenvalue weighted by molar-refractivity contribution is -0.116. The predicted molar refractivity (Wildman–Crippen MR) is 96.4 cm³/mol. The zero-order valence-electron chi connectivity index (χ0n) is 14.7. The zero-order valence-corrected chi connectivity index (χ0v) is 14.7. The summed E-state index contributed by atoms with van der Waals surface area (Å²) in [5.74, 6) is 0.690. The lowest BCUT2D eigenvalue weighted by Gasteiger charge is -2.11. The molecule has 0 aliphatic carbocycles. The number of carbonyl (C=O) groups excluding carboxylic acids is 1. The summed E-state index contributed by atoms with van der Waals surface area (Å²) in [5, 5.41) is 3.03. The molecule has 124 valence electrons. The summed E-state index contributed by atoms with van der Waals surface area (Å²) in [7, 11) is 0. The summed E-state index contributed by atoms with van der Waals surface area (Å²) >= 11 is 0. The Hall–Kier alpha value is -1.31. The molecule has 0 saturated carbocycles. The fourth-order valence-corrected chi connectivity index (χ4v) is 2.62. The number of hydrogen-bond donors (Lipinski definition) is 1. The lowest BCUT2D eigenvalue weighted by Crippen LogP contribution is -2.11. The van der Waals surface area contributed by atoms with Crippen molar-refractivity contribution in [1.82, 2.24) is 0 Å². The highest BCUT2D eigenvalue weighted by Gasteiger charge is 2.06. The Morgan fingerprint density at radius 2 is 1.73 bits per heavy atom. The van der Waals surface area contributed by atoms with E-state index in [1.165, 1.54) is 44.1 Å². The quantitative estimate of drug-likeness (QED) is 0.479. The van der Waals surface area contributed by atoms with Crippen LogP contribution in [0.25, 0.3) is 0 Å². The highest BCUT2D eigenvalue weighted by molar-refractivity contribution is 5.90.